The zero-order valence-corrected chi connectivity index (χ0v) is 15.6. The predicted molar refractivity (Wildman–Crippen MR) is 103 cm³/mol. The maximum absolute atomic E-state index is 5.72. The number of hydrogen-bond acceptors (Lipinski definition) is 5. The summed E-state index contributed by atoms with van der Waals surface area (Å²) in [7, 11) is 0. The Hall–Kier alpha value is -1.52. The number of unbranched alkanes of at least 4 members (excludes halogenated alkanes) is 9. The molecule has 1 aromatic heterocycles. The van der Waals surface area contributed by atoms with Gasteiger partial charge in [0.15, 0.2) is 0 Å². The van der Waals surface area contributed by atoms with Gasteiger partial charge in [-0.1, -0.05) is 71.6 Å². The first kappa shape index (κ1) is 20.5. The summed E-state index contributed by atoms with van der Waals surface area (Å²) < 4.78 is 5.51. The molecule has 0 radical (unpaired) electrons. The molecule has 24 heavy (non-hydrogen) atoms. The van der Waals surface area contributed by atoms with Crippen LogP contribution in [0.2, 0.25) is 0 Å². The van der Waals surface area contributed by atoms with E-state index in [2.05, 4.69) is 29.1 Å². The van der Waals surface area contributed by atoms with Crippen molar-refractivity contribution in [3.05, 3.63) is 6.07 Å². The van der Waals surface area contributed by atoms with E-state index in [1.807, 2.05) is 6.07 Å². The number of nitrogens with two attached hydrogens (primary N) is 1. The zero-order chi connectivity index (χ0) is 17.5. The van der Waals surface area contributed by atoms with Gasteiger partial charge in [-0.3, -0.25) is 0 Å². The van der Waals surface area contributed by atoms with Gasteiger partial charge in [0.25, 0.3) is 0 Å². The Kier molecular flexibility index (Phi) is 11.9. The van der Waals surface area contributed by atoms with E-state index in [0.29, 0.717) is 12.5 Å². The summed E-state index contributed by atoms with van der Waals surface area (Å²) in [6.45, 7) is 5.90. The summed E-state index contributed by atoms with van der Waals surface area (Å²) >= 11 is 0. The first-order chi connectivity index (χ1) is 11.8. The van der Waals surface area contributed by atoms with Crippen LogP contribution in [0.15, 0.2) is 6.07 Å². The third-order valence-electron chi connectivity index (χ3n) is 4.01. The Balaban J connectivity index is 2.05. The first-order valence-corrected chi connectivity index (χ1v) is 9.77. The first-order valence-electron chi connectivity index (χ1n) is 9.77. The molecule has 1 rings (SSSR count). The standard InChI is InChI=1S/C19H36N4O/c1-3-5-6-7-8-9-10-11-12-13-14-21-17-16-18(24-15-4-2)23-19(20)22-17/h16H,3-15H2,1-2H3,(H3,20,21,22,23). The Bertz CT molecular complexity index is 426. The van der Waals surface area contributed by atoms with Crippen LogP contribution in [0.1, 0.15) is 84.5 Å². The molecule has 0 bridgehead atoms. The molecule has 5 nitrogen and oxygen atoms in total. The van der Waals surface area contributed by atoms with Gasteiger partial charge in [-0.2, -0.15) is 9.97 Å². The summed E-state index contributed by atoms with van der Waals surface area (Å²) in [5.41, 5.74) is 5.72. The second-order valence-corrected chi connectivity index (χ2v) is 6.41. The minimum Gasteiger partial charge on any atom is -0.477 e. The minimum atomic E-state index is 0.258. The van der Waals surface area contributed by atoms with E-state index in [9.17, 15) is 0 Å². The third-order valence-corrected chi connectivity index (χ3v) is 4.01. The molecule has 0 amide bonds. The Morgan fingerprint density at radius 3 is 2.12 bits per heavy atom. The molecule has 0 aliphatic heterocycles. The van der Waals surface area contributed by atoms with Gasteiger partial charge in [0.2, 0.25) is 11.8 Å². The van der Waals surface area contributed by atoms with Crippen molar-refractivity contribution >= 4 is 11.8 Å². The lowest BCUT2D eigenvalue weighted by atomic mass is 10.1. The SMILES string of the molecule is CCCCCCCCCCCCNc1cc(OCCC)nc(N)n1. The van der Waals surface area contributed by atoms with Gasteiger partial charge in [-0.25, -0.2) is 0 Å². The predicted octanol–water partition coefficient (Wildman–Crippen LogP) is 5.18. The molecule has 0 spiro atoms. The van der Waals surface area contributed by atoms with E-state index in [0.717, 1.165) is 25.2 Å². The monoisotopic (exact) mass is 336 g/mol. The van der Waals surface area contributed by atoms with Gasteiger partial charge in [-0.05, 0) is 12.8 Å². The van der Waals surface area contributed by atoms with E-state index < -0.39 is 0 Å². The van der Waals surface area contributed by atoms with Crippen molar-refractivity contribution in [3.63, 3.8) is 0 Å². The maximum atomic E-state index is 5.72. The fourth-order valence-electron chi connectivity index (χ4n) is 2.64. The van der Waals surface area contributed by atoms with Crippen LogP contribution in [0.25, 0.3) is 0 Å². The number of ether oxygens (including phenoxy) is 1. The number of nitrogen functional groups attached to an aromatic ring is 1. The molecule has 0 atom stereocenters. The number of nitrogens with one attached hydrogen (secondary N) is 1. The molecule has 0 saturated heterocycles. The number of hydrogen-bond donors (Lipinski definition) is 2. The highest BCUT2D eigenvalue weighted by molar-refractivity contribution is 5.42. The summed E-state index contributed by atoms with van der Waals surface area (Å²) in [6, 6.07) is 1.82. The molecule has 0 saturated carbocycles. The lowest BCUT2D eigenvalue weighted by molar-refractivity contribution is 0.305. The average Bonchev–Trinajstić information content (AvgIpc) is 2.57. The van der Waals surface area contributed by atoms with E-state index in [-0.39, 0.29) is 5.95 Å². The van der Waals surface area contributed by atoms with Crippen molar-refractivity contribution in [2.45, 2.75) is 84.5 Å². The smallest absolute Gasteiger partial charge is 0.225 e. The van der Waals surface area contributed by atoms with Crippen LogP contribution in [0.4, 0.5) is 11.8 Å². The van der Waals surface area contributed by atoms with Crippen molar-refractivity contribution in [3.8, 4) is 5.88 Å². The normalized spacial score (nSPS) is 10.8. The molecule has 0 fully saturated rings. The fourth-order valence-corrected chi connectivity index (χ4v) is 2.64. The summed E-state index contributed by atoms with van der Waals surface area (Å²) in [4.78, 5) is 8.28. The lowest BCUT2D eigenvalue weighted by Crippen LogP contribution is -2.07. The van der Waals surface area contributed by atoms with Crippen LogP contribution in [0, 0.1) is 0 Å². The van der Waals surface area contributed by atoms with Gasteiger partial charge < -0.3 is 15.8 Å². The Morgan fingerprint density at radius 1 is 0.875 bits per heavy atom. The molecule has 0 aliphatic rings. The van der Waals surface area contributed by atoms with Crippen LogP contribution < -0.4 is 15.8 Å². The number of rotatable bonds is 15. The average molecular weight is 337 g/mol. The molecule has 0 unspecified atom stereocenters. The van der Waals surface area contributed by atoms with Crippen LogP contribution in [-0.4, -0.2) is 23.1 Å². The fraction of sp³-hybridized carbons (Fsp3) is 0.789. The molecule has 1 aromatic rings. The van der Waals surface area contributed by atoms with Crippen molar-refractivity contribution in [2.75, 3.05) is 24.2 Å². The molecule has 1 heterocycles. The van der Waals surface area contributed by atoms with E-state index in [4.69, 9.17) is 10.5 Å². The van der Waals surface area contributed by atoms with Crippen LogP contribution in [-0.2, 0) is 0 Å². The molecule has 3 N–H and O–H groups in total. The second kappa shape index (κ2) is 13.9. The van der Waals surface area contributed by atoms with Crippen molar-refractivity contribution in [2.24, 2.45) is 0 Å². The molecular formula is C19H36N4O. The van der Waals surface area contributed by atoms with Crippen LogP contribution >= 0.6 is 0 Å². The van der Waals surface area contributed by atoms with Crippen molar-refractivity contribution in [1.29, 1.82) is 0 Å². The lowest BCUT2D eigenvalue weighted by Gasteiger charge is -2.09. The Labute approximate surface area is 147 Å². The van der Waals surface area contributed by atoms with Gasteiger partial charge in [0.1, 0.15) is 5.82 Å². The summed E-state index contributed by atoms with van der Waals surface area (Å²) in [5.74, 6) is 1.56. The highest BCUT2D eigenvalue weighted by Crippen LogP contribution is 2.15. The zero-order valence-electron chi connectivity index (χ0n) is 15.6. The molecule has 0 aliphatic carbocycles. The minimum absolute atomic E-state index is 0.258. The summed E-state index contributed by atoms with van der Waals surface area (Å²) in [6.07, 6.45) is 14.4. The molecular weight excluding hydrogens is 300 g/mol. The maximum Gasteiger partial charge on any atom is 0.225 e. The number of aromatic nitrogens is 2. The van der Waals surface area contributed by atoms with E-state index in [1.165, 1.54) is 57.8 Å². The molecule has 138 valence electrons. The van der Waals surface area contributed by atoms with Crippen LogP contribution in [0.3, 0.4) is 0 Å². The topological polar surface area (TPSA) is 73.1 Å². The van der Waals surface area contributed by atoms with Crippen molar-refractivity contribution in [1.82, 2.24) is 9.97 Å². The quantitative estimate of drug-likeness (QED) is 0.432. The second-order valence-electron chi connectivity index (χ2n) is 6.41. The van der Waals surface area contributed by atoms with Gasteiger partial charge in [-0.15, -0.1) is 0 Å². The van der Waals surface area contributed by atoms with Gasteiger partial charge in [0.05, 0.1) is 6.61 Å². The third kappa shape index (κ3) is 10.3. The van der Waals surface area contributed by atoms with Gasteiger partial charge in [0, 0.05) is 12.6 Å². The number of nitrogens with zero attached hydrogens (tertiary/aromatic N) is 2. The van der Waals surface area contributed by atoms with Crippen molar-refractivity contribution < 1.29 is 4.74 Å². The summed E-state index contributed by atoms with van der Waals surface area (Å²) in [5, 5.41) is 3.32. The highest BCUT2D eigenvalue weighted by atomic mass is 16.5. The molecule has 5 heteroatoms. The Morgan fingerprint density at radius 2 is 1.50 bits per heavy atom. The highest BCUT2D eigenvalue weighted by Gasteiger charge is 2.03. The largest absolute Gasteiger partial charge is 0.477 e. The van der Waals surface area contributed by atoms with Gasteiger partial charge >= 0.3 is 0 Å². The molecule has 0 aromatic carbocycles. The van der Waals surface area contributed by atoms with E-state index >= 15 is 0 Å². The van der Waals surface area contributed by atoms with E-state index in [1.54, 1.807) is 0 Å². The number of anilines is 2. The van der Waals surface area contributed by atoms with Crippen LogP contribution in [0.5, 0.6) is 5.88 Å².